The number of aromatic nitrogens is 2. The fourth-order valence-electron chi connectivity index (χ4n) is 3.25. The molecule has 0 fully saturated rings. The van der Waals surface area contributed by atoms with Crippen LogP contribution < -0.4 is 10.6 Å². The van der Waals surface area contributed by atoms with Crippen molar-refractivity contribution in [3.63, 3.8) is 0 Å². The number of anilines is 2. The minimum absolute atomic E-state index is 0.0556. The SMILES string of the molecule is Cc1cc(C)c2onc(CC(=O)Nc3nc(C)c(C(=O)Nc4ccccc4)s3)c2c1. The molecule has 2 heterocycles. The summed E-state index contributed by atoms with van der Waals surface area (Å²) in [6.45, 7) is 5.68. The Balaban J connectivity index is 1.47. The van der Waals surface area contributed by atoms with Crippen LogP contribution in [0.15, 0.2) is 47.0 Å². The average Bonchev–Trinajstić information content (AvgIpc) is 3.26. The molecule has 4 rings (SSSR count). The second-order valence-electron chi connectivity index (χ2n) is 7.07. The maximum atomic E-state index is 12.5. The number of benzene rings is 2. The van der Waals surface area contributed by atoms with E-state index in [1.165, 1.54) is 0 Å². The number of carbonyl (C=O) groups excluding carboxylic acids is 2. The fourth-order valence-corrected chi connectivity index (χ4v) is 4.13. The van der Waals surface area contributed by atoms with Gasteiger partial charge >= 0.3 is 0 Å². The highest BCUT2D eigenvalue weighted by atomic mass is 32.1. The second-order valence-corrected chi connectivity index (χ2v) is 8.07. The lowest BCUT2D eigenvalue weighted by molar-refractivity contribution is -0.115. The summed E-state index contributed by atoms with van der Waals surface area (Å²) in [5.74, 6) is -0.529. The molecule has 0 saturated heterocycles. The molecule has 0 bridgehead atoms. The molecule has 0 aliphatic rings. The number of carbonyl (C=O) groups is 2. The van der Waals surface area contributed by atoms with Crippen molar-refractivity contribution >= 4 is 44.9 Å². The zero-order valence-corrected chi connectivity index (χ0v) is 17.6. The molecule has 7 nitrogen and oxygen atoms in total. The van der Waals surface area contributed by atoms with Gasteiger partial charge in [0.25, 0.3) is 5.91 Å². The van der Waals surface area contributed by atoms with E-state index < -0.39 is 0 Å². The molecule has 0 radical (unpaired) electrons. The van der Waals surface area contributed by atoms with Crippen molar-refractivity contribution in [2.75, 3.05) is 10.6 Å². The van der Waals surface area contributed by atoms with Crippen molar-refractivity contribution < 1.29 is 14.1 Å². The van der Waals surface area contributed by atoms with Crippen molar-refractivity contribution in [3.8, 4) is 0 Å². The minimum atomic E-state index is -0.270. The Kier molecular flexibility index (Phi) is 5.33. The average molecular weight is 420 g/mol. The van der Waals surface area contributed by atoms with Gasteiger partial charge < -0.3 is 15.2 Å². The molecular weight excluding hydrogens is 400 g/mol. The van der Waals surface area contributed by atoms with Crippen LogP contribution in [-0.2, 0) is 11.2 Å². The molecule has 0 atom stereocenters. The Morgan fingerprint density at radius 3 is 2.60 bits per heavy atom. The van der Waals surface area contributed by atoms with E-state index >= 15 is 0 Å². The Morgan fingerprint density at radius 2 is 1.83 bits per heavy atom. The van der Waals surface area contributed by atoms with Gasteiger partial charge in [-0.05, 0) is 50.1 Å². The van der Waals surface area contributed by atoms with E-state index in [4.69, 9.17) is 4.52 Å². The highest BCUT2D eigenvalue weighted by Gasteiger charge is 2.19. The standard InChI is InChI=1S/C22H20N4O3S/c1-12-9-13(2)19-16(10-12)17(26-29-19)11-18(27)25-22-23-14(3)20(30-22)21(28)24-15-7-5-4-6-8-15/h4-10H,11H2,1-3H3,(H,24,28)(H,23,25,27). The van der Waals surface area contributed by atoms with Crippen LogP contribution in [0.4, 0.5) is 10.8 Å². The summed E-state index contributed by atoms with van der Waals surface area (Å²) in [5.41, 5.74) is 4.58. The zero-order chi connectivity index (χ0) is 21.3. The summed E-state index contributed by atoms with van der Waals surface area (Å²) in [5, 5.41) is 10.9. The van der Waals surface area contributed by atoms with E-state index in [9.17, 15) is 9.59 Å². The number of aryl methyl sites for hydroxylation is 3. The van der Waals surface area contributed by atoms with Crippen LogP contribution in [0.3, 0.4) is 0 Å². The van der Waals surface area contributed by atoms with Gasteiger partial charge in [-0.1, -0.05) is 40.8 Å². The predicted octanol–water partition coefficient (Wildman–Crippen LogP) is 4.64. The van der Waals surface area contributed by atoms with Gasteiger partial charge in [0.05, 0.1) is 12.1 Å². The largest absolute Gasteiger partial charge is 0.356 e. The highest BCUT2D eigenvalue weighted by Crippen LogP contribution is 2.26. The zero-order valence-electron chi connectivity index (χ0n) is 16.8. The molecule has 2 amide bonds. The molecule has 0 aliphatic carbocycles. The predicted molar refractivity (Wildman–Crippen MR) is 117 cm³/mol. The van der Waals surface area contributed by atoms with Crippen molar-refractivity contribution in [1.82, 2.24) is 10.1 Å². The summed E-state index contributed by atoms with van der Waals surface area (Å²) >= 11 is 1.14. The lowest BCUT2D eigenvalue weighted by Gasteiger charge is -2.03. The van der Waals surface area contributed by atoms with Crippen molar-refractivity contribution in [2.45, 2.75) is 27.2 Å². The van der Waals surface area contributed by atoms with E-state index in [-0.39, 0.29) is 18.2 Å². The third-order valence-electron chi connectivity index (χ3n) is 4.59. The normalized spacial score (nSPS) is 10.9. The van der Waals surface area contributed by atoms with E-state index in [0.29, 0.717) is 32.7 Å². The Labute approximate surface area is 177 Å². The van der Waals surface area contributed by atoms with E-state index in [1.807, 2.05) is 56.3 Å². The molecule has 0 unspecified atom stereocenters. The van der Waals surface area contributed by atoms with Gasteiger partial charge in [-0.3, -0.25) is 9.59 Å². The number of thiazole rings is 1. The summed E-state index contributed by atoms with van der Waals surface area (Å²) in [6.07, 6.45) is 0.0556. The molecule has 8 heteroatoms. The molecule has 4 aromatic rings. The number of para-hydroxylation sites is 1. The molecule has 30 heavy (non-hydrogen) atoms. The number of fused-ring (bicyclic) bond motifs is 1. The number of hydrogen-bond acceptors (Lipinski definition) is 6. The fraction of sp³-hybridized carbons (Fsp3) is 0.182. The maximum absolute atomic E-state index is 12.5. The molecule has 0 aliphatic heterocycles. The summed E-state index contributed by atoms with van der Waals surface area (Å²) in [7, 11) is 0. The first kappa shape index (κ1) is 19.8. The topological polar surface area (TPSA) is 97.1 Å². The van der Waals surface area contributed by atoms with Crippen LogP contribution in [0.2, 0.25) is 0 Å². The van der Waals surface area contributed by atoms with Crippen LogP contribution in [0.25, 0.3) is 11.0 Å². The van der Waals surface area contributed by atoms with Gasteiger partial charge in [-0.2, -0.15) is 0 Å². The lowest BCUT2D eigenvalue weighted by atomic mass is 10.1. The van der Waals surface area contributed by atoms with E-state index in [1.54, 1.807) is 6.92 Å². The Hall–Kier alpha value is -3.52. The van der Waals surface area contributed by atoms with E-state index in [2.05, 4.69) is 20.8 Å². The van der Waals surface area contributed by atoms with Crippen LogP contribution in [0, 0.1) is 20.8 Å². The van der Waals surface area contributed by atoms with Gasteiger partial charge in [0.15, 0.2) is 10.7 Å². The van der Waals surface area contributed by atoms with Crippen molar-refractivity contribution in [2.24, 2.45) is 0 Å². The highest BCUT2D eigenvalue weighted by molar-refractivity contribution is 7.17. The number of nitrogens with zero attached hydrogens (tertiary/aromatic N) is 2. The quantitative estimate of drug-likeness (QED) is 0.490. The van der Waals surface area contributed by atoms with Crippen LogP contribution in [0.5, 0.6) is 0 Å². The third kappa shape index (κ3) is 4.08. The molecule has 0 spiro atoms. The smallest absolute Gasteiger partial charge is 0.267 e. The molecular formula is C22H20N4O3S. The molecule has 2 N–H and O–H groups in total. The summed E-state index contributed by atoms with van der Waals surface area (Å²) in [6, 6.07) is 13.2. The van der Waals surface area contributed by atoms with Gasteiger partial charge in [-0.15, -0.1) is 0 Å². The Bertz CT molecular complexity index is 1240. The summed E-state index contributed by atoms with van der Waals surface area (Å²) < 4.78 is 5.40. The van der Waals surface area contributed by atoms with Gasteiger partial charge in [0.1, 0.15) is 10.6 Å². The number of nitrogens with one attached hydrogen (secondary N) is 2. The third-order valence-corrected chi connectivity index (χ3v) is 5.66. The first-order valence-electron chi connectivity index (χ1n) is 9.40. The van der Waals surface area contributed by atoms with Crippen LogP contribution >= 0.6 is 11.3 Å². The van der Waals surface area contributed by atoms with Gasteiger partial charge in [0, 0.05) is 11.1 Å². The molecule has 152 valence electrons. The molecule has 2 aromatic carbocycles. The van der Waals surface area contributed by atoms with Gasteiger partial charge in [0.2, 0.25) is 5.91 Å². The van der Waals surface area contributed by atoms with E-state index in [0.717, 1.165) is 27.8 Å². The Morgan fingerprint density at radius 1 is 1.07 bits per heavy atom. The second kappa shape index (κ2) is 8.08. The maximum Gasteiger partial charge on any atom is 0.267 e. The monoisotopic (exact) mass is 420 g/mol. The van der Waals surface area contributed by atoms with Gasteiger partial charge in [-0.25, -0.2) is 4.98 Å². The molecule has 2 aromatic heterocycles. The number of amides is 2. The first-order valence-corrected chi connectivity index (χ1v) is 10.2. The first-order chi connectivity index (χ1) is 14.4. The van der Waals surface area contributed by atoms with Crippen molar-refractivity contribution in [1.29, 1.82) is 0 Å². The lowest BCUT2D eigenvalue weighted by Crippen LogP contribution is -2.14. The summed E-state index contributed by atoms with van der Waals surface area (Å²) in [4.78, 5) is 29.8. The number of rotatable bonds is 5. The minimum Gasteiger partial charge on any atom is -0.356 e. The van der Waals surface area contributed by atoms with Crippen LogP contribution in [-0.4, -0.2) is 22.0 Å². The van der Waals surface area contributed by atoms with Crippen molar-refractivity contribution in [3.05, 3.63) is 69.9 Å². The molecule has 0 saturated carbocycles. The van der Waals surface area contributed by atoms with Crippen LogP contribution in [0.1, 0.15) is 32.2 Å². The number of hydrogen-bond donors (Lipinski definition) is 2.